The largest absolute Gasteiger partial charge is 0.481 e. The van der Waals surface area contributed by atoms with E-state index in [1.807, 2.05) is 39.6 Å². The molecule has 2 aromatic carbocycles. The Morgan fingerprint density at radius 1 is 0.623 bits per heavy atom. The number of piperidine rings is 1. The Morgan fingerprint density at radius 2 is 1.14 bits per heavy atom. The molecule has 8 heterocycles. The van der Waals surface area contributed by atoms with Crippen molar-refractivity contribution in [1.29, 1.82) is 0 Å². The number of aromatic nitrogens is 1. The van der Waals surface area contributed by atoms with E-state index in [2.05, 4.69) is 94.7 Å². The average Bonchev–Trinajstić information content (AvgIpc) is 1.46. The molecule has 1 aromatic heterocycles. The Kier molecular flexibility index (Phi) is 46.9. The normalized spacial score (nSPS) is 24.9. The molecule has 5 amide bonds. The third-order valence-corrected chi connectivity index (χ3v) is 27.0. The number of hydrogen-bond acceptors (Lipinski definition) is 35. The number of methoxy groups -OCH3 is 4. The number of aryl methyl sites for hydroxylation is 1. The molecular weight excluding hydrogens is 1810 g/mol. The lowest BCUT2D eigenvalue weighted by molar-refractivity contribution is -0.195. The molecule has 14 unspecified atom stereocenters. The summed E-state index contributed by atoms with van der Waals surface area (Å²) in [7, 11) is 5.68. The number of esters is 4. The van der Waals surface area contributed by atoms with Crippen LogP contribution in [0.4, 0.5) is 5.69 Å². The van der Waals surface area contributed by atoms with Gasteiger partial charge in [0.25, 0.3) is 17.7 Å². The van der Waals surface area contributed by atoms with Crippen LogP contribution >= 0.6 is 0 Å². The number of nitrogens with one attached hydrogen (secondary N) is 3. The summed E-state index contributed by atoms with van der Waals surface area (Å²) in [6, 6.07) is 11.2. The molecule has 2 bridgehead atoms. The zero-order valence-electron chi connectivity index (χ0n) is 82.0. The fourth-order valence-electron chi connectivity index (χ4n) is 19.9. The van der Waals surface area contributed by atoms with E-state index >= 15 is 4.79 Å². The van der Waals surface area contributed by atoms with Gasteiger partial charge in [-0.2, -0.15) is 9.59 Å². The number of hydrazine groups is 1. The second-order valence-electron chi connectivity index (χ2n) is 36.0. The molecule has 41 heteroatoms. The number of ether oxygens (including phenoxy) is 12. The molecule has 774 valence electrons. The predicted molar refractivity (Wildman–Crippen MR) is 495 cm³/mol. The molecule has 41 nitrogen and oxygen atoms in total. The number of para-hydroxylation sites is 1. The molecule has 3 saturated heterocycles. The molecule has 3 aromatic rings. The van der Waals surface area contributed by atoms with Crippen molar-refractivity contribution in [3.8, 4) is 0 Å². The summed E-state index contributed by atoms with van der Waals surface area (Å²) < 4.78 is 62.3. The first-order valence-corrected chi connectivity index (χ1v) is 47.8. The van der Waals surface area contributed by atoms with Crippen molar-refractivity contribution >= 4 is 82.1 Å². The number of benzene rings is 2. The number of nitrogens with zero attached hydrogens (tertiary/aromatic N) is 5. The molecule has 12 N–H and O–H groups in total. The maximum atomic E-state index is 15.3. The number of aliphatic carboxylic acids is 1. The summed E-state index contributed by atoms with van der Waals surface area (Å²) in [6.45, 7) is 20.6. The molecule has 138 heavy (non-hydrogen) atoms. The number of aliphatic hydroxyl groups is 8. The summed E-state index contributed by atoms with van der Waals surface area (Å²) in [6.07, 6.45) is 8.60. The van der Waals surface area contributed by atoms with Crippen molar-refractivity contribution in [3.63, 3.8) is 0 Å². The predicted octanol–water partition coefficient (Wildman–Crippen LogP) is 3.63. The number of amides is 5. The number of carboxylic acid groups (broad SMARTS) is 1. The van der Waals surface area contributed by atoms with Crippen molar-refractivity contribution in [2.75, 3.05) is 145 Å². The zero-order chi connectivity index (χ0) is 102. The first kappa shape index (κ1) is 116. The minimum Gasteiger partial charge on any atom is -0.481 e. The van der Waals surface area contributed by atoms with Crippen LogP contribution in [0, 0.1) is 18.3 Å². The minimum atomic E-state index is -2.18. The first-order chi connectivity index (χ1) is 66.0. The monoisotopic (exact) mass is 1950 g/mol. The van der Waals surface area contributed by atoms with Crippen LogP contribution in [0.25, 0.3) is 10.9 Å². The summed E-state index contributed by atoms with van der Waals surface area (Å²) in [5.74, 6) is -5.03. The summed E-state index contributed by atoms with van der Waals surface area (Å²) in [5.41, 5.74) is 2.54. The topological polar surface area (TPSA) is 554 Å². The Bertz CT molecular complexity index is 4500. The van der Waals surface area contributed by atoms with Crippen LogP contribution in [-0.2, 0) is 132 Å². The molecule has 8 aliphatic rings. The SMILES string of the molecule is CCC(CO)OC(CO)OC.CCC(CO)OC(COC(=O)CCCC(=O)NC(C)C(=O)OCCCN1C(=O)[C@]2(O)C3N1c1cc(C)c([C@@]4(C)C[C@@H]5CN(CCc6c4[nH]c4ccccc64)CC(O)(CC)C5)cc1C31CCN3CC=C[C@](CC)(C31)[C@H]2O)OC.CCC(CO)OC(COC(=O)CCCC(=O)NCCN1C(=O)C=CC1=O)OC.CCC(CO)OC(COC(=O)CCCC(=O)O)OC.O=C=O. The lowest BCUT2D eigenvalue weighted by atomic mass is 9.48. The molecule has 7 aliphatic heterocycles. The van der Waals surface area contributed by atoms with E-state index in [-0.39, 0.29) is 173 Å². The van der Waals surface area contributed by atoms with Gasteiger partial charge >= 0.3 is 36.0 Å². The number of hydrogen-bond donors (Lipinski definition) is 12. The Hall–Kier alpha value is -9.18. The van der Waals surface area contributed by atoms with Crippen molar-refractivity contribution in [2.45, 2.75) is 287 Å². The number of aromatic amines is 1. The molecule has 1 spiro atoms. The van der Waals surface area contributed by atoms with Gasteiger partial charge in [0.2, 0.25) is 11.8 Å². The summed E-state index contributed by atoms with van der Waals surface area (Å²) in [4.78, 5) is 148. The number of carbonyl (C=O) groups excluding carboxylic acids is 11. The number of carboxylic acids is 1. The number of rotatable bonds is 51. The Labute approximate surface area is 806 Å². The highest BCUT2D eigenvalue weighted by atomic mass is 16.7. The number of imide groups is 1. The van der Waals surface area contributed by atoms with E-state index in [9.17, 15) is 63.6 Å². The maximum Gasteiger partial charge on any atom is 0.373 e. The number of carbonyl (C=O) groups is 10. The van der Waals surface area contributed by atoms with Crippen molar-refractivity contribution in [1.82, 2.24) is 35.3 Å². The van der Waals surface area contributed by atoms with E-state index < -0.39 is 136 Å². The molecule has 1 aliphatic carbocycles. The number of aliphatic hydroxyl groups excluding tert-OH is 6. The molecule has 1 saturated carbocycles. The quantitative estimate of drug-likeness (QED) is 0.00958. The van der Waals surface area contributed by atoms with Crippen LogP contribution in [0.1, 0.15) is 205 Å². The minimum absolute atomic E-state index is 0.0360. The number of fused-ring (bicyclic) bond motifs is 7. The van der Waals surface area contributed by atoms with Crippen LogP contribution in [0.3, 0.4) is 0 Å². The van der Waals surface area contributed by atoms with Gasteiger partial charge in [0, 0.05) is 170 Å². The third-order valence-electron chi connectivity index (χ3n) is 27.0. The van der Waals surface area contributed by atoms with Gasteiger partial charge in [0.1, 0.15) is 38.0 Å². The van der Waals surface area contributed by atoms with Crippen molar-refractivity contribution in [3.05, 3.63) is 88.7 Å². The van der Waals surface area contributed by atoms with Gasteiger partial charge in [-0.1, -0.05) is 78.0 Å². The smallest absolute Gasteiger partial charge is 0.373 e. The van der Waals surface area contributed by atoms with Gasteiger partial charge in [-0.25, -0.2) is 4.79 Å². The van der Waals surface area contributed by atoms with Crippen LogP contribution in [0.5, 0.6) is 0 Å². The number of anilines is 1. The summed E-state index contributed by atoms with van der Waals surface area (Å²) >= 11 is 0. The van der Waals surface area contributed by atoms with Crippen LogP contribution in [0.15, 0.2) is 60.7 Å². The van der Waals surface area contributed by atoms with Gasteiger partial charge in [0.15, 0.2) is 30.8 Å². The zero-order valence-corrected chi connectivity index (χ0v) is 82.0. The molecule has 11 rings (SSSR count). The van der Waals surface area contributed by atoms with Gasteiger partial charge in [0.05, 0.1) is 75.3 Å². The van der Waals surface area contributed by atoms with Crippen LogP contribution < -0.4 is 15.6 Å². The van der Waals surface area contributed by atoms with Crippen LogP contribution in [0.2, 0.25) is 0 Å². The highest BCUT2D eigenvalue weighted by molar-refractivity contribution is 6.13. The fourth-order valence-corrected chi connectivity index (χ4v) is 19.9. The molecule has 4 fully saturated rings. The standard InChI is InChI=1S/C59H82N6O12.C18H28N2O8.C12H22O7.C7H16O4.CO2/c1-8-39(33-66)77-48(74-7)34-76-47(68)19-13-18-46(67)60-37(5)50(69)75-27-15-24-64-54(71)59(73)52-58(22-26-63-23-14-21-57(10-3,51(58)63)53(59)70)43-29-42(36(4)28-45(43)65(52)64)55(6)30-38-31-56(72,9-2)35-62(32-38)25-20-41-40-16-11-12-17-44(40)61-49(41)55;1-3-13(11-21)28-18(26-2)12-27-17(25)6-4-5-14(22)19-9-10-20-15(23)7-8-16(20)24;1-3-9(7-13)19-12(17-2)8-18-11(16)6-4-5-10(14)15;1-3-6(4-8)11-7(5-9)10-2;2-1-3/h11-12,14,16-17,21,28-29,37-39,48,51-53,61,66,70,72-73H,8-10,13,15,18-20,22-27,30-35H2,1-7H3,(H,60,67);7-8,13,18,21H,3-6,9-12H2,1-2H3,(H,19,22);9,12-13H,3-8H2,1-2H3,(H,14,15);6-9H,3-5H2,1-2H3;/t37?,38-,39?,48?,51?,52?,53+,55+,56?,57+,58?,59-;;;;/m0..../s1. The van der Waals surface area contributed by atoms with Gasteiger partial charge in [-0.3, -0.25) is 67.9 Å². The molecule has 0 radical (unpaired) electrons. The summed E-state index contributed by atoms with van der Waals surface area (Å²) in [5, 5.41) is 102. The van der Waals surface area contributed by atoms with Crippen molar-refractivity contribution in [2.24, 2.45) is 11.3 Å². The van der Waals surface area contributed by atoms with E-state index in [4.69, 9.17) is 92.0 Å². The molecule has 19 atom stereocenters. The fraction of sp³-hybridized carbons (Fsp3) is 0.701. The van der Waals surface area contributed by atoms with Crippen molar-refractivity contribution < 1.29 is 160 Å². The molecular formula is C97H148N8O33. The average molecular weight is 1950 g/mol. The highest BCUT2D eigenvalue weighted by Gasteiger charge is 2.83. The van der Waals surface area contributed by atoms with E-state index in [0.29, 0.717) is 70.9 Å². The van der Waals surface area contributed by atoms with E-state index in [1.54, 1.807) is 5.01 Å². The lowest BCUT2D eigenvalue weighted by Gasteiger charge is -2.61. The lowest BCUT2D eigenvalue weighted by Crippen LogP contribution is -2.78. The third kappa shape index (κ3) is 29.3. The van der Waals surface area contributed by atoms with E-state index in [1.165, 1.54) is 69.7 Å². The van der Waals surface area contributed by atoms with E-state index in [0.717, 1.165) is 59.7 Å². The van der Waals surface area contributed by atoms with Gasteiger partial charge < -0.3 is 118 Å². The second-order valence-corrected chi connectivity index (χ2v) is 36.0. The highest BCUT2D eigenvalue weighted by Crippen LogP contribution is 2.70. The number of H-pyrrole nitrogens is 1. The first-order valence-electron chi connectivity index (χ1n) is 47.8. The maximum absolute atomic E-state index is 15.3. The second kappa shape index (κ2) is 55.9. The van der Waals surface area contributed by atoms with Crippen LogP contribution in [-0.4, -0.2) is 361 Å². The van der Waals surface area contributed by atoms with Gasteiger partial charge in [-0.15, -0.1) is 0 Å². The Morgan fingerprint density at radius 3 is 1.64 bits per heavy atom. The Balaban J connectivity index is 0.000000344. The van der Waals surface area contributed by atoms with Gasteiger partial charge in [-0.05, 0) is 151 Å².